The van der Waals surface area contributed by atoms with Crippen molar-refractivity contribution in [3.63, 3.8) is 0 Å². The van der Waals surface area contributed by atoms with Gasteiger partial charge in [0.15, 0.2) is 0 Å². The van der Waals surface area contributed by atoms with E-state index in [1.165, 1.54) is 17.8 Å². The number of hydrogen-bond acceptors (Lipinski definition) is 0. The third-order valence-corrected chi connectivity index (χ3v) is 8.08. The molecule has 2 heteroatoms. The van der Waals surface area contributed by atoms with Crippen LogP contribution in [0.4, 0.5) is 0 Å². The average molecular weight is 613 g/mol. The van der Waals surface area contributed by atoms with Crippen molar-refractivity contribution in [1.29, 1.82) is 0 Å². The normalized spacial score (nSPS) is 14.1. The van der Waals surface area contributed by atoms with Crippen LogP contribution >= 0.6 is 0 Å². The molecule has 0 spiro atoms. The maximum Gasteiger partial charge on any atom is 0 e. The molecule has 0 aliphatic carbocycles. The standard InChI is InChI=1S/C17H34.C13H24.CH4.2Y/c1-12(2)16(8,9)14(15(5,6)7)17(10,11)13(3)4;1-9-11(12(4,5)6)13(7,8)10(2)3;;;/h14H,1-11H3;1,9,11H,2-8H3;1H4;;/q2*-2;;;. The van der Waals surface area contributed by atoms with E-state index in [1.54, 1.807) is 0 Å². The zero-order valence-electron chi connectivity index (χ0n) is 25.5. The van der Waals surface area contributed by atoms with Gasteiger partial charge >= 0.3 is 0 Å². The molecule has 33 heavy (non-hydrogen) atoms. The van der Waals surface area contributed by atoms with E-state index in [0.717, 1.165) is 0 Å². The largest absolute Gasteiger partial charge is 0.518 e. The second-order valence-corrected chi connectivity index (χ2v) is 14.0. The van der Waals surface area contributed by atoms with Crippen LogP contribution in [-0.4, -0.2) is 0 Å². The zero-order chi connectivity index (χ0) is 25.1. The number of rotatable bonds is 7. The SMILES string of the molecule is C.C[C-](C)C(C)(C)C(C(C)(C)C)C(C)(C)[C-](C)C.[CH-]=CC(C(C)(C)C)C(C)(C)[C-](C)C.[Y].[Y]. The average Bonchev–Trinajstić information content (AvgIpc) is 2.43. The van der Waals surface area contributed by atoms with Gasteiger partial charge in [0, 0.05) is 65.4 Å². The van der Waals surface area contributed by atoms with E-state index < -0.39 is 0 Å². The fourth-order valence-corrected chi connectivity index (χ4v) is 5.57. The van der Waals surface area contributed by atoms with Gasteiger partial charge in [0.1, 0.15) is 0 Å². The van der Waals surface area contributed by atoms with Gasteiger partial charge in [0.2, 0.25) is 0 Å². The smallest absolute Gasteiger partial charge is 0 e. The van der Waals surface area contributed by atoms with Crippen molar-refractivity contribution in [2.75, 3.05) is 0 Å². The summed E-state index contributed by atoms with van der Waals surface area (Å²) < 4.78 is 0. The maximum absolute atomic E-state index is 5.74. The molecular weight excluding hydrogens is 550 g/mol. The van der Waals surface area contributed by atoms with Gasteiger partial charge in [-0.25, -0.2) is 0 Å². The first-order valence-electron chi connectivity index (χ1n) is 11.9. The molecule has 0 aliphatic rings. The van der Waals surface area contributed by atoms with Gasteiger partial charge in [-0.05, 0) is 10.8 Å². The molecule has 1 unspecified atom stereocenters. The minimum atomic E-state index is 0. The molecule has 0 bridgehead atoms. The monoisotopic (exact) mass is 612 g/mol. The van der Waals surface area contributed by atoms with Crippen LogP contribution in [0.15, 0.2) is 6.08 Å². The fraction of sp³-hybridized carbons (Fsp3) is 0.839. The third-order valence-electron chi connectivity index (χ3n) is 8.08. The Bertz CT molecular complexity index is 488. The van der Waals surface area contributed by atoms with E-state index in [0.29, 0.717) is 17.3 Å². The Morgan fingerprint density at radius 3 is 0.848 bits per heavy atom. The van der Waals surface area contributed by atoms with Crippen LogP contribution in [0.25, 0.3) is 0 Å². The molecule has 0 fully saturated rings. The summed E-state index contributed by atoms with van der Waals surface area (Å²) in [7, 11) is 0. The zero-order valence-corrected chi connectivity index (χ0v) is 31.1. The second-order valence-electron chi connectivity index (χ2n) is 14.0. The Morgan fingerprint density at radius 2 is 0.758 bits per heavy atom. The summed E-state index contributed by atoms with van der Waals surface area (Å²) in [5, 5.41) is 0. The molecule has 0 rings (SSSR count). The third kappa shape index (κ3) is 12.8. The van der Waals surface area contributed by atoms with Gasteiger partial charge in [0.05, 0.1) is 0 Å². The van der Waals surface area contributed by atoms with Crippen molar-refractivity contribution in [3.8, 4) is 0 Å². The molecule has 0 nitrogen and oxygen atoms in total. The Morgan fingerprint density at radius 1 is 0.515 bits per heavy atom. The van der Waals surface area contributed by atoms with Gasteiger partial charge in [-0.3, -0.25) is 6.08 Å². The maximum atomic E-state index is 5.74. The molecule has 0 aliphatic heterocycles. The molecule has 196 valence electrons. The van der Waals surface area contributed by atoms with Crippen molar-refractivity contribution < 1.29 is 65.4 Å². The molecule has 1 atom stereocenters. The molecular formula is C31H62Y2-4. The van der Waals surface area contributed by atoms with E-state index in [1.807, 2.05) is 6.08 Å². The summed E-state index contributed by atoms with van der Waals surface area (Å²) in [6.07, 6.45) is 1.85. The Labute approximate surface area is 264 Å². The van der Waals surface area contributed by atoms with Crippen molar-refractivity contribution in [3.05, 3.63) is 30.4 Å². The van der Waals surface area contributed by atoms with Crippen LogP contribution in [-0.2, 0) is 65.4 Å². The van der Waals surface area contributed by atoms with E-state index >= 15 is 0 Å². The van der Waals surface area contributed by atoms with Crippen LogP contribution in [0, 0.1) is 63.2 Å². The first-order chi connectivity index (χ1) is 12.9. The fourth-order valence-electron chi connectivity index (χ4n) is 5.57. The first kappa shape index (κ1) is 44.9. The summed E-state index contributed by atoms with van der Waals surface area (Å²) in [4.78, 5) is 0. The molecule has 2 radical (unpaired) electrons. The van der Waals surface area contributed by atoms with Crippen molar-refractivity contribution in [1.82, 2.24) is 0 Å². The van der Waals surface area contributed by atoms with E-state index in [2.05, 4.69) is 125 Å². The summed E-state index contributed by atoms with van der Waals surface area (Å²) in [5.41, 5.74) is 1.25. The van der Waals surface area contributed by atoms with Gasteiger partial charge < -0.3 is 24.3 Å². The first-order valence-corrected chi connectivity index (χ1v) is 11.9. The Hall–Kier alpha value is 1.95. The molecule has 0 saturated carbocycles. The van der Waals surface area contributed by atoms with Crippen molar-refractivity contribution in [2.45, 2.75) is 132 Å². The molecule has 0 amide bonds. The number of allylic oxidation sites excluding steroid dienone is 1. The van der Waals surface area contributed by atoms with E-state index in [4.69, 9.17) is 6.58 Å². The van der Waals surface area contributed by atoms with Gasteiger partial charge in [0.25, 0.3) is 0 Å². The van der Waals surface area contributed by atoms with Crippen LogP contribution in [0.3, 0.4) is 0 Å². The van der Waals surface area contributed by atoms with Crippen LogP contribution in [0.1, 0.15) is 132 Å². The van der Waals surface area contributed by atoms with Crippen LogP contribution in [0.5, 0.6) is 0 Å². The summed E-state index contributed by atoms with van der Waals surface area (Å²) in [6.45, 7) is 47.2. The van der Waals surface area contributed by atoms with Crippen molar-refractivity contribution >= 4 is 0 Å². The van der Waals surface area contributed by atoms with E-state index in [-0.39, 0.29) is 94.5 Å². The molecule has 0 aromatic carbocycles. The van der Waals surface area contributed by atoms with Crippen LogP contribution < -0.4 is 0 Å². The predicted molar refractivity (Wildman–Crippen MR) is 147 cm³/mol. The Kier molecular flexibility index (Phi) is 21.8. The summed E-state index contributed by atoms with van der Waals surface area (Å²) in [5.74, 6) is 5.56. The number of hydrogen-bond donors (Lipinski definition) is 0. The molecule has 0 aromatic heterocycles. The van der Waals surface area contributed by atoms with Gasteiger partial charge in [-0.15, -0.1) is 0 Å². The molecule has 0 aromatic rings. The van der Waals surface area contributed by atoms with Crippen molar-refractivity contribution in [2.24, 2.45) is 38.9 Å². The minimum Gasteiger partial charge on any atom is -0.518 e. The molecule has 0 N–H and O–H groups in total. The minimum absolute atomic E-state index is 0. The second kappa shape index (κ2) is 16.0. The predicted octanol–water partition coefficient (Wildman–Crippen LogP) is 10.8. The van der Waals surface area contributed by atoms with E-state index in [9.17, 15) is 0 Å². The summed E-state index contributed by atoms with van der Waals surface area (Å²) >= 11 is 0. The quantitative estimate of drug-likeness (QED) is 0.251. The summed E-state index contributed by atoms with van der Waals surface area (Å²) in [6, 6.07) is 0. The Balaban J connectivity index is -0.000000149. The molecule has 0 saturated heterocycles. The van der Waals surface area contributed by atoms with Crippen LogP contribution in [0.2, 0.25) is 0 Å². The molecule has 0 heterocycles. The van der Waals surface area contributed by atoms with Gasteiger partial charge in [-0.1, -0.05) is 102 Å². The topological polar surface area (TPSA) is 0 Å². The van der Waals surface area contributed by atoms with Gasteiger partial charge in [-0.2, -0.15) is 57.8 Å².